The standard InChI is InChI=1S/C20H20N4O2/c1-2-26-18-6-4-3-5-17(18)8-10-20(25)23-14-16-7-9-19(22-13-16)24-12-11-21-15-24/h3-13,15H,2,14H2,1H3,(H,23,25)/b10-8+. The molecule has 0 atom stereocenters. The van der Waals surface area contributed by atoms with E-state index in [1.54, 1.807) is 24.8 Å². The number of ether oxygens (including phenoxy) is 1. The van der Waals surface area contributed by atoms with Gasteiger partial charge in [-0.15, -0.1) is 0 Å². The summed E-state index contributed by atoms with van der Waals surface area (Å²) in [5, 5.41) is 2.85. The molecule has 3 rings (SSSR count). The van der Waals surface area contributed by atoms with E-state index in [0.717, 1.165) is 22.7 Å². The molecule has 0 unspecified atom stereocenters. The molecule has 3 aromatic rings. The number of para-hydroxylation sites is 1. The highest BCUT2D eigenvalue weighted by molar-refractivity contribution is 5.92. The number of amides is 1. The number of nitrogens with zero attached hydrogens (tertiary/aromatic N) is 3. The number of pyridine rings is 1. The van der Waals surface area contributed by atoms with E-state index in [1.807, 2.05) is 54.1 Å². The Balaban J connectivity index is 1.56. The predicted octanol–water partition coefficient (Wildman–Crippen LogP) is 3.00. The monoisotopic (exact) mass is 348 g/mol. The van der Waals surface area contributed by atoms with E-state index >= 15 is 0 Å². The number of imidazole rings is 1. The largest absolute Gasteiger partial charge is 0.493 e. The molecular weight excluding hydrogens is 328 g/mol. The molecular formula is C20H20N4O2. The van der Waals surface area contributed by atoms with Crippen LogP contribution in [0, 0.1) is 0 Å². The van der Waals surface area contributed by atoms with Gasteiger partial charge in [0.1, 0.15) is 17.9 Å². The Labute approximate surface area is 152 Å². The van der Waals surface area contributed by atoms with Crippen molar-refractivity contribution >= 4 is 12.0 Å². The van der Waals surface area contributed by atoms with Gasteiger partial charge >= 0.3 is 0 Å². The van der Waals surface area contributed by atoms with Crippen molar-refractivity contribution in [3.63, 3.8) is 0 Å². The topological polar surface area (TPSA) is 69.0 Å². The number of carbonyl (C=O) groups is 1. The fourth-order valence-electron chi connectivity index (χ4n) is 2.39. The molecule has 26 heavy (non-hydrogen) atoms. The van der Waals surface area contributed by atoms with Crippen LogP contribution in [0.5, 0.6) is 5.75 Å². The quantitative estimate of drug-likeness (QED) is 0.667. The maximum atomic E-state index is 12.0. The molecule has 1 aromatic carbocycles. The molecule has 0 spiro atoms. The third-order valence-corrected chi connectivity index (χ3v) is 3.68. The van der Waals surface area contributed by atoms with Crippen molar-refractivity contribution in [2.45, 2.75) is 13.5 Å². The molecule has 0 fully saturated rings. The van der Waals surface area contributed by atoms with Crippen molar-refractivity contribution in [1.29, 1.82) is 0 Å². The van der Waals surface area contributed by atoms with Gasteiger partial charge in [0.25, 0.3) is 0 Å². The highest BCUT2D eigenvalue weighted by Gasteiger charge is 2.02. The molecule has 2 heterocycles. The second-order valence-corrected chi connectivity index (χ2v) is 5.52. The van der Waals surface area contributed by atoms with Gasteiger partial charge in [0.05, 0.1) is 6.61 Å². The van der Waals surface area contributed by atoms with Crippen LogP contribution in [0.3, 0.4) is 0 Å². The molecule has 1 amide bonds. The lowest BCUT2D eigenvalue weighted by molar-refractivity contribution is -0.116. The van der Waals surface area contributed by atoms with Crippen LogP contribution in [0.25, 0.3) is 11.9 Å². The van der Waals surface area contributed by atoms with Crippen molar-refractivity contribution in [3.05, 3.63) is 78.5 Å². The van der Waals surface area contributed by atoms with E-state index in [-0.39, 0.29) is 5.91 Å². The third kappa shape index (κ3) is 4.57. The van der Waals surface area contributed by atoms with Crippen LogP contribution >= 0.6 is 0 Å². The Hall–Kier alpha value is -3.41. The average molecular weight is 348 g/mol. The zero-order valence-corrected chi connectivity index (χ0v) is 14.5. The molecule has 1 N–H and O–H groups in total. The van der Waals surface area contributed by atoms with Crippen LogP contribution in [0.15, 0.2) is 67.4 Å². The first kappa shape index (κ1) is 17.4. The van der Waals surface area contributed by atoms with Crippen LogP contribution in [0.1, 0.15) is 18.1 Å². The molecule has 132 valence electrons. The van der Waals surface area contributed by atoms with Crippen LogP contribution in [-0.2, 0) is 11.3 Å². The lowest BCUT2D eigenvalue weighted by atomic mass is 10.2. The second kappa shape index (κ2) is 8.62. The van der Waals surface area contributed by atoms with E-state index in [4.69, 9.17) is 4.74 Å². The minimum absolute atomic E-state index is 0.171. The van der Waals surface area contributed by atoms with Gasteiger partial charge in [-0.3, -0.25) is 9.36 Å². The minimum Gasteiger partial charge on any atom is -0.493 e. The SMILES string of the molecule is CCOc1ccccc1/C=C/C(=O)NCc1ccc(-n2ccnc2)nc1. The molecule has 6 heteroatoms. The van der Waals surface area contributed by atoms with Gasteiger partial charge in [-0.2, -0.15) is 0 Å². The lowest BCUT2D eigenvalue weighted by Crippen LogP contribution is -2.20. The number of carbonyl (C=O) groups excluding carboxylic acids is 1. The summed E-state index contributed by atoms with van der Waals surface area (Å²) < 4.78 is 7.36. The molecule has 0 radical (unpaired) electrons. The smallest absolute Gasteiger partial charge is 0.244 e. The average Bonchev–Trinajstić information content (AvgIpc) is 3.21. The Bertz CT molecular complexity index is 871. The normalized spacial score (nSPS) is 10.8. The van der Waals surface area contributed by atoms with Gasteiger partial charge in [-0.05, 0) is 30.7 Å². The third-order valence-electron chi connectivity index (χ3n) is 3.68. The number of benzene rings is 1. The summed E-state index contributed by atoms with van der Waals surface area (Å²) >= 11 is 0. The van der Waals surface area contributed by atoms with Crippen molar-refractivity contribution in [2.24, 2.45) is 0 Å². The molecule has 0 aliphatic rings. The molecule has 0 aliphatic carbocycles. The zero-order chi connectivity index (χ0) is 18.2. The van der Waals surface area contributed by atoms with E-state index in [2.05, 4.69) is 15.3 Å². The molecule has 0 saturated heterocycles. The van der Waals surface area contributed by atoms with Crippen LogP contribution in [0.2, 0.25) is 0 Å². The Morgan fingerprint density at radius 1 is 1.27 bits per heavy atom. The van der Waals surface area contributed by atoms with Gasteiger partial charge in [-0.1, -0.05) is 24.3 Å². The first-order valence-corrected chi connectivity index (χ1v) is 8.37. The summed E-state index contributed by atoms with van der Waals surface area (Å²) in [4.78, 5) is 20.4. The molecule has 0 saturated carbocycles. The first-order chi connectivity index (χ1) is 12.8. The van der Waals surface area contributed by atoms with Crippen molar-refractivity contribution in [1.82, 2.24) is 19.9 Å². The van der Waals surface area contributed by atoms with E-state index in [0.29, 0.717) is 13.2 Å². The molecule has 2 aromatic heterocycles. The summed E-state index contributed by atoms with van der Waals surface area (Å²) in [6, 6.07) is 11.4. The molecule has 0 bridgehead atoms. The minimum atomic E-state index is -0.171. The maximum Gasteiger partial charge on any atom is 0.244 e. The summed E-state index contributed by atoms with van der Waals surface area (Å²) in [5.74, 6) is 1.37. The molecule has 0 aliphatic heterocycles. The first-order valence-electron chi connectivity index (χ1n) is 8.37. The van der Waals surface area contributed by atoms with Gasteiger partial charge in [-0.25, -0.2) is 9.97 Å². The van der Waals surface area contributed by atoms with E-state index in [1.165, 1.54) is 6.08 Å². The Morgan fingerprint density at radius 3 is 2.88 bits per heavy atom. The Morgan fingerprint density at radius 2 is 2.15 bits per heavy atom. The summed E-state index contributed by atoms with van der Waals surface area (Å²) in [6.45, 7) is 2.92. The summed E-state index contributed by atoms with van der Waals surface area (Å²) in [6.07, 6.45) is 10.2. The number of rotatable bonds is 7. The summed E-state index contributed by atoms with van der Waals surface area (Å²) in [7, 11) is 0. The fraction of sp³-hybridized carbons (Fsp3) is 0.150. The maximum absolute atomic E-state index is 12.0. The van der Waals surface area contributed by atoms with E-state index < -0.39 is 0 Å². The fourth-order valence-corrected chi connectivity index (χ4v) is 2.39. The zero-order valence-electron chi connectivity index (χ0n) is 14.5. The Kier molecular flexibility index (Phi) is 5.77. The summed E-state index contributed by atoms with van der Waals surface area (Å²) in [5.41, 5.74) is 1.79. The van der Waals surface area contributed by atoms with Crippen molar-refractivity contribution in [2.75, 3.05) is 6.61 Å². The highest BCUT2D eigenvalue weighted by Crippen LogP contribution is 2.19. The second-order valence-electron chi connectivity index (χ2n) is 5.52. The van der Waals surface area contributed by atoms with Gasteiger partial charge in [0, 0.05) is 36.8 Å². The van der Waals surface area contributed by atoms with E-state index in [9.17, 15) is 4.79 Å². The number of nitrogens with one attached hydrogen (secondary N) is 1. The predicted molar refractivity (Wildman–Crippen MR) is 99.9 cm³/mol. The van der Waals surface area contributed by atoms with Crippen molar-refractivity contribution < 1.29 is 9.53 Å². The van der Waals surface area contributed by atoms with Crippen molar-refractivity contribution in [3.8, 4) is 11.6 Å². The number of hydrogen-bond acceptors (Lipinski definition) is 4. The number of hydrogen-bond donors (Lipinski definition) is 1. The lowest BCUT2D eigenvalue weighted by Gasteiger charge is -2.06. The van der Waals surface area contributed by atoms with Gasteiger partial charge in [0.15, 0.2) is 0 Å². The van der Waals surface area contributed by atoms with Crippen LogP contribution in [-0.4, -0.2) is 27.0 Å². The highest BCUT2D eigenvalue weighted by atomic mass is 16.5. The van der Waals surface area contributed by atoms with Gasteiger partial charge in [0.2, 0.25) is 5.91 Å². The van der Waals surface area contributed by atoms with Crippen LogP contribution < -0.4 is 10.1 Å². The van der Waals surface area contributed by atoms with Gasteiger partial charge < -0.3 is 10.1 Å². The molecule has 6 nitrogen and oxygen atoms in total. The van der Waals surface area contributed by atoms with Crippen LogP contribution in [0.4, 0.5) is 0 Å². The number of aromatic nitrogens is 3.